The Hall–Kier alpha value is -3.99. The van der Waals surface area contributed by atoms with Gasteiger partial charge in [0.2, 0.25) is 10.6 Å². The van der Waals surface area contributed by atoms with Crippen molar-refractivity contribution >= 4 is 72.1 Å². The molecule has 0 radical (unpaired) electrons. The summed E-state index contributed by atoms with van der Waals surface area (Å²) in [7, 11) is -9.93. The van der Waals surface area contributed by atoms with Crippen LogP contribution in [0.3, 0.4) is 0 Å². The highest BCUT2D eigenvalue weighted by Crippen LogP contribution is 2.40. The molecular formula is C23H13Cl2N5O8S2. The van der Waals surface area contributed by atoms with Crippen LogP contribution in [0.5, 0.6) is 0 Å². The van der Waals surface area contributed by atoms with E-state index >= 15 is 0 Å². The Morgan fingerprint density at radius 3 is 1.82 bits per heavy atom. The fourth-order valence-electron chi connectivity index (χ4n) is 4.21. The van der Waals surface area contributed by atoms with E-state index in [4.69, 9.17) is 28.9 Å². The maximum absolute atomic E-state index is 13.5. The molecule has 0 bridgehead atoms. The Morgan fingerprint density at radius 2 is 1.27 bits per heavy atom. The summed E-state index contributed by atoms with van der Waals surface area (Å²) in [5.41, 5.74) is 3.88. The molecular weight excluding hydrogens is 609 g/mol. The molecule has 13 nitrogen and oxygen atoms in total. The monoisotopic (exact) mass is 621 g/mol. The highest BCUT2D eigenvalue weighted by atomic mass is 35.5. The fraction of sp³-hybridized carbons (Fsp3) is 0. The number of anilines is 3. The number of nitrogens with zero attached hydrogens (tertiary/aromatic N) is 3. The Labute approximate surface area is 235 Å². The SMILES string of the molecule is Nc1c(S(=O)(=O)O)cc(Nc2ccc(-c3nc(Cl)nc(Cl)n3)c(S(=O)(=O)O)c2)c2c1C(=O)c1ccccc1C2=O. The number of hydrogen-bond donors (Lipinski definition) is 4. The lowest BCUT2D eigenvalue weighted by Crippen LogP contribution is -2.25. The maximum atomic E-state index is 13.5. The van der Waals surface area contributed by atoms with Gasteiger partial charge in [-0.1, -0.05) is 24.3 Å². The Bertz CT molecular complexity index is 2000. The second-order valence-electron chi connectivity index (χ2n) is 8.27. The molecule has 4 aromatic rings. The van der Waals surface area contributed by atoms with Crippen molar-refractivity contribution in [1.82, 2.24) is 15.0 Å². The normalized spacial score (nSPS) is 13.1. The molecule has 0 spiro atoms. The van der Waals surface area contributed by atoms with Crippen LogP contribution in [-0.4, -0.2) is 52.5 Å². The van der Waals surface area contributed by atoms with E-state index in [1.807, 2.05) is 0 Å². The van der Waals surface area contributed by atoms with Crippen LogP contribution in [0.4, 0.5) is 17.1 Å². The van der Waals surface area contributed by atoms with E-state index in [9.17, 15) is 35.5 Å². The van der Waals surface area contributed by atoms with E-state index < -0.39 is 52.8 Å². The molecule has 5 rings (SSSR count). The minimum atomic E-state index is -4.99. The van der Waals surface area contributed by atoms with Crippen molar-refractivity contribution in [2.24, 2.45) is 0 Å². The molecule has 0 fully saturated rings. The van der Waals surface area contributed by atoms with E-state index in [2.05, 4.69) is 20.3 Å². The largest absolute Gasteiger partial charge is 0.397 e. The predicted molar refractivity (Wildman–Crippen MR) is 142 cm³/mol. The Morgan fingerprint density at radius 1 is 0.725 bits per heavy atom. The average molecular weight is 622 g/mol. The summed E-state index contributed by atoms with van der Waals surface area (Å²) in [6.45, 7) is 0. The lowest BCUT2D eigenvalue weighted by Gasteiger charge is -2.23. The van der Waals surface area contributed by atoms with Gasteiger partial charge in [-0.2, -0.15) is 31.8 Å². The third-order valence-electron chi connectivity index (χ3n) is 5.84. The summed E-state index contributed by atoms with van der Waals surface area (Å²) < 4.78 is 68.4. The number of rotatable bonds is 5. The number of nitrogens with two attached hydrogens (primary N) is 1. The van der Waals surface area contributed by atoms with Gasteiger partial charge in [0.25, 0.3) is 20.2 Å². The average Bonchev–Trinajstić information content (AvgIpc) is 2.86. The number of carbonyl (C=O) groups is 2. The van der Waals surface area contributed by atoms with Crippen LogP contribution in [-0.2, 0) is 20.2 Å². The number of halogens is 2. The van der Waals surface area contributed by atoms with E-state index in [-0.39, 0.29) is 50.0 Å². The van der Waals surface area contributed by atoms with Crippen molar-refractivity contribution in [3.63, 3.8) is 0 Å². The van der Waals surface area contributed by atoms with Gasteiger partial charge in [0.15, 0.2) is 17.4 Å². The molecule has 40 heavy (non-hydrogen) atoms. The maximum Gasteiger partial charge on any atom is 0.296 e. The molecule has 0 saturated heterocycles. The van der Waals surface area contributed by atoms with Gasteiger partial charge in [0.05, 0.1) is 22.5 Å². The van der Waals surface area contributed by atoms with Crippen molar-refractivity contribution in [2.75, 3.05) is 11.1 Å². The molecule has 1 aliphatic carbocycles. The minimum absolute atomic E-state index is 0.0135. The molecule has 0 saturated carbocycles. The molecule has 17 heteroatoms. The van der Waals surface area contributed by atoms with E-state index in [1.54, 1.807) is 0 Å². The second-order valence-corrected chi connectivity index (χ2v) is 11.7. The van der Waals surface area contributed by atoms with Crippen LogP contribution in [0.25, 0.3) is 11.4 Å². The first-order chi connectivity index (χ1) is 18.7. The number of nitrogens with one attached hydrogen (secondary N) is 1. The van der Waals surface area contributed by atoms with Gasteiger partial charge in [0.1, 0.15) is 9.79 Å². The highest BCUT2D eigenvalue weighted by molar-refractivity contribution is 7.86. The van der Waals surface area contributed by atoms with Gasteiger partial charge in [-0.05, 0) is 47.5 Å². The zero-order valence-corrected chi connectivity index (χ0v) is 22.6. The molecule has 0 aliphatic heterocycles. The van der Waals surface area contributed by atoms with E-state index in [0.717, 1.165) is 12.1 Å². The van der Waals surface area contributed by atoms with Crippen LogP contribution in [0, 0.1) is 0 Å². The molecule has 5 N–H and O–H groups in total. The third-order valence-corrected chi connectivity index (χ3v) is 7.96. The predicted octanol–water partition coefficient (Wildman–Crippen LogP) is 3.44. The smallest absolute Gasteiger partial charge is 0.296 e. The van der Waals surface area contributed by atoms with Crippen LogP contribution in [0.2, 0.25) is 10.6 Å². The van der Waals surface area contributed by atoms with Crippen molar-refractivity contribution in [3.8, 4) is 11.4 Å². The Kier molecular flexibility index (Phi) is 6.60. The number of nitrogen functional groups attached to an aromatic ring is 1. The minimum Gasteiger partial charge on any atom is -0.397 e. The summed E-state index contributed by atoms with van der Waals surface area (Å²) in [6.07, 6.45) is 0. The van der Waals surface area contributed by atoms with Gasteiger partial charge in [0, 0.05) is 22.4 Å². The van der Waals surface area contributed by atoms with E-state index in [0.29, 0.717) is 0 Å². The van der Waals surface area contributed by atoms with Gasteiger partial charge >= 0.3 is 0 Å². The molecule has 204 valence electrons. The van der Waals surface area contributed by atoms with Crippen molar-refractivity contribution < 1.29 is 35.5 Å². The van der Waals surface area contributed by atoms with Crippen LogP contribution in [0.15, 0.2) is 58.3 Å². The van der Waals surface area contributed by atoms with Gasteiger partial charge < -0.3 is 11.1 Å². The van der Waals surface area contributed by atoms with Gasteiger partial charge in [-0.3, -0.25) is 18.7 Å². The molecule has 0 unspecified atom stereocenters. The number of fused-ring (bicyclic) bond motifs is 2. The quantitative estimate of drug-likeness (QED) is 0.163. The van der Waals surface area contributed by atoms with Crippen LogP contribution in [0.1, 0.15) is 31.8 Å². The van der Waals surface area contributed by atoms with Gasteiger partial charge in [-0.15, -0.1) is 0 Å². The zero-order valence-electron chi connectivity index (χ0n) is 19.5. The molecule has 0 atom stereocenters. The lowest BCUT2D eigenvalue weighted by molar-refractivity contribution is 0.0980. The summed E-state index contributed by atoms with van der Waals surface area (Å²) in [5, 5.41) is 1.98. The van der Waals surface area contributed by atoms with Crippen LogP contribution < -0.4 is 11.1 Å². The summed E-state index contributed by atoms with van der Waals surface area (Å²) in [4.78, 5) is 36.4. The van der Waals surface area contributed by atoms with E-state index in [1.165, 1.54) is 36.4 Å². The molecule has 1 aromatic heterocycles. The molecule has 3 aromatic carbocycles. The topological polar surface area (TPSA) is 220 Å². The van der Waals surface area contributed by atoms with Crippen molar-refractivity contribution in [3.05, 3.63) is 81.4 Å². The van der Waals surface area contributed by atoms with Crippen LogP contribution >= 0.6 is 23.2 Å². The number of carbonyl (C=O) groups excluding carboxylic acids is 2. The number of aromatic nitrogens is 3. The first-order valence-corrected chi connectivity index (χ1v) is 14.4. The van der Waals surface area contributed by atoms with Crippen molar-refractivity contribution in [1.29, 1.82) is 0 Å². The molecule has 1 aliphatic rings. The number of hydrogen-bond acceptors (Lipinski definition) is 11. The standard InChI is InChI=1S/C23H13Cl2N5O8S2/c24-22-28-21(29-23(25)30-22)12-6-5-9(7-14(12)39(33,34)35)27-13-8-15(40(36,37)38)18(26)17-16(13)19(31)10-3-1-2-4-11(10)20(17)32/h1-8,27H,26H2,(H,33,34,35)(H,36,37,38). The fourth-order valence-corrected chi connectivity index (χ4v) is 5.93. The second kappa shape index (κ2) is 9.58. The molecule has 0 amide bonds. The lowest BCUT2D eigenvalue weighted by atomic mass is 9.82. The molecule has 1 heterocycles. The summed E-state index contributed by atoms with van der Waals surface area (Å²) in [5.74, 6) is -1.75. The summed E-state index contributed by atoms with van der Waals surface area (Å²) in [6, 6.07) is 9.98. The zero-order chi connectivity index (χ0) is 29.1. The summed E-state index contributed by atoms with van der Waals surface area (Å²) >= 11 is 11.6. The number of benzene rings is 3. The van der Waals surface area contributed by atoms with Gasteiger partial charge in [-0.25, -0.2) is 0 Å². The highest BCUT2D eigenvalue weighted by Gasteiger charge is 2.36. The first kappa shape index (κ1) is 27.6. The Balaban J connectivity index is 1.73. The van der Waals surface area contributed by atoms with Crippen molar-refractivity contribution in [2.45, 2.75) is 9.79 Å². The third kappa shape index (κ3) is 4.78. The number of ketones is 2. The first-order valence-electron chi connectivity index (χ1n) is 10.7.